The van der Waals surface area contributed by atoms with Gasteiger partial charge in [-0.1, -0.05) is 29.8 Å². The minimum Gasteiger partial charge on any atom is -0.401 e. The molecule has 0 saturated carbocycles. The SMILES string of the molecule is CCNc1ccc(N=Nc2ccc(OS(C)=O)cc2Cl)cc1.[C-]#[N+]/C(C)=C\c1ccc(NCC)cc1.[C-]#[N+]c1sc(N=Nc2ccc(NCC)cc2C)c(C#N)c1C. The van der Waals surface area contributed by atoms with Gasteiger partial charge in [-0.3, -0.25) is 0 Å². The topological polar surface area (TPSA) is 144 Å². The molecule has 0 aliphatic heterocycles. The Balaban J connectivity index is 0.000000239. The smallest absolute Gasteiger partial charge is 0.247 e. The lowest BCUT2D eigenvalue weighted by atomic mass is 10.2. The van der Waals surface area contributed by atoms with E-state index < -0.39 is 11.1 Å². The summed E-state index contributed by atoms with van der Waals surface area (Å²) in [6, 6.07) is 28.5. The van der Waals surface area contributed by atoms with Crippen LogP contribution in [0.2, 0.25) is 5.02 Å². The fourth-order valence-electron chi connectivity index (χ4n) is 4.87. The van der Waals surface area contributed by atoms with Crippen molar-refractivity contribution in [3.05, 3.63) is 141 Å². The molecular weight excluding hydrogens is 788 g/mol. The first-order chi connectivity index (χ1) is 27.9. The van der Waals surface area contributed by atoms with Gasteiger partial charge in [-0.15, -0.1) is 26.7 Å². The maximum Gasteiger partial charge on any atom is 0.247 e. The van der Waals surface area contributed by atoms with E-state index in [2.05, 4.69) is 59.1 Å². The number of azo groups is 2. The van der Waals surface area contributed by atoms with Crippen LogP contribution >= 0.6 is 22.9 Å². The van der Waals surface area contributed by atoms with Crippen molar-refractivity contribution in [3.63, 3.8) is 0 Å². The Morgan fingerprint density at radius 3 is 1.95 bits per heavy atom. The van der Waals surface area contributed by atoms with Crippen LogP contribution in [0.25, 0.3) is 15.8 Å². The van der Waals surface area contributed by atoms with Crippen LogP contribution in [-0.2, 0) is 11.1 Å². The highest BCUT2D eigenvalue weighted by molar-refractivity contribution is 7.79. The standard InChI is InChI=1S/C16H15N5S.C15H16ClN3O2S.C12H14N2/c1-5-19-12-6-7-14(10(2)8-12)20-21-16-13(9-17)11(3)15(18-4)22-16;1-3-17-11-4-6-12(7-5-11)18-19-15-9-8-13(10-14(15)16)21-22(2)20;1-4-14-12-7-5-11(6-8-12)9-10(2)13-3/h6-8,19H,5H2,1-3H3;4-10,17H,3H2,1-2H3;5-9,14H,4H2,1-2H3/b;;10-9-. The number of nitriles is 1. The van der Waals surface area contributed by atoms with E-state index in [1.54, 1.807) is 25.1 Å². The lowest BCUT2D eigenvalue weighted by Gasteiger charge is -2.05. The molecule has 5 rings (SSSR count). The molecule has 0 aliphatic rings. The molecule has 15 heteroatoms. The van der Waals surface area contributed by atoms with Crippen LogP contribution < -0.4 is 20.1 Å². The third-order valence-corrected chi connectivity index (χ3v) is 9.44. The van der Waals surface area contributed by atoms with E-state index in [0.717, 1.165) is 59.2 Å². The number of allylic oxidation sites excluding steroid dienone is 1. The summed E-state index contributed by atoms with van der Waals surface area (Å²) in [7, 11) is 0. The zero-order valence-corrected chi connectivity index (χ0v) is 35.8. The number of nitrogens with zero attached hydrogens (tertiary/aromatic N) is 7. The van der Waals surface area contributed by atoms with Crippen molar-refractivity contribution in [1.82, 2.24) is 0 Å². The van der Waals surface area contributed by atoms with Crippen LogP contribution in [0.5, 0.6) is 5.75 Å². The Hall–Kier alpha value is -6.37. The molecule has 1 aromatic heterocycles. The highest BCUT2D eigenvalue weighted by atomic mass is 35.5. The third kappa shape index (κ3) is 14.9. The monoisotopic (exact) mass is 832 g/mol. The van der Waals surface area contributed by atoms with Crippen molar-refractivity contribution >= 4 is 84.2 Å². The van der Waals surface area contributed by atoms with Gasteiger partial charge in [0.2, 0.25) is 16.1 Å². The Kier molecular flexibility index (Phi) is 19.3. The summed E-state index contributed by atoms with van der Waals surface area (Å²) in [4.78, 5) is 6.75. The number of aryl methyl sites for hydroxylation is 1. The zero-order chi connectivity index (χ0) is 42.5. The number of thiophene rings is 1. The Morgan fingerprint density at radius 1 is 0.845 bits per heavy atom. The quantitative estimate of drug-likeness (QED) is 0.0796. The number of hydrogen-bond acceptors (Lipinski definition) is 11. The van der Waals surface area contributed by atoms with E-state index in [0.29, 0.717) is 43.3 Å². The van der Waals surface area contributed by atoms with Crippen LogP contribution in [0.15, 0.2) is 111 Å². The minimum absolute atomic E-state index is 0.385. The van der Waals surface area contributed by atoms with Crippen molar-refractivity contribution in [2.45, 2.75) is 41.5 Å². The van der Waals surface area contributed by atoms with Gasteiger partial charge in [-0.25, -0.2) is 13.9 Å². The molecule has 1 heterocycles. The summed E-state index contributed by atoms with van der Waals surface area (Å²) in [5.41, 5.74) is 9.08. The van der Waals surface area contributed by atoms with E-state index in [1.165, 1.54) is 17.6 Å². The second-order valence-corrected chi connectivity index (χ2v) is 14.4. The van der Waals surface area contributed by atoms with Gasteiger partial charge in [-0.05, 0) is 125 Å². The van der Waals surface area contributed by atoms with E-state index >= 15 is 0 Å². The molecule has 4 aromatic carbocycles. The van der Waals surface area contributed by atoms with E-state index in [1.807, 2.05) is 101 Å². The molecule has 1 atom stereocenters. The van der Waals surface area contributed by atoms with Crippen molar-refractivity contribution in [2.75, 3.05) is 41.8 Å². The Morgan fingerprint density at radius 2 is 1.41 bits per heavy atom. The summed E-state index contributed by atoms with van der Waals surface area (Å²) in [5, 5.41) is 36.9. The lowest BCUT2D eigenvalue weighted by molar-refractivity contribution is 0.568. The number of rotatable bonds is 13. The molecule has 298 valence electrons. The number of nitrogens with one attached hydrogen (secondary N) is 3. The molecule has 5 aromatic rings. The van der Waals surface area contributed by atoms with Gasteiger partial charge >= 0.3 is 0 Å². The summed E-state index contributed by atoms with van der Waals surface area (Å²) < 4.78 is 16.1. The van der Waals surface area contributed by atoms with E-state index in [9.17, 15) is 9.47 Å². The van der Waals surface area contributed by atoms with Crippen LogP contribution in [0.3, 0.4) is 0 Å². The molecule has 0 bridgehead atoms. The molecule has 58 heavy (non-hydrogen) atoms. The first kappa shape index (κ1) is 46.0. The molecule has 0 spiro atoms. The molecule has 0 radical (unpaired) electrons. The van der Waals surface area contributed by atoms with Crippen molar-refractivity contribution in [2.24, 2.45) is 20.5 Å². The molecule has 0 saturated heterocycles. The molecule has 0 amide bonds. The predicted octanol–water partition coefficient (Wildman–Crippen LogP) is 13.9. The van der Waals surface area contributed by atoms with Gasteiger partial charge in [0.1, 0.15) is 22.5 Å². The molecule has 1 unspecified atom stereocenters. The van der Waals surface area contributed by atoms with Gasteiger partial charge in [0.25, 0.3) is 0 Å². The highest BCUT2D eigenvalue weighted by Crippen LogP contribution is 2.41. The molecule has 0 aliphatic carbocycles. The van der Waals surface area contributed by atoms with Crippen LogP contribution in [0, 0.1) is 38.3 Å². The summed E-state index contributed by atoms with van der Waals surface area (Å²) >= 11 is 5.91. The summed E-state index contributed by atoms with van der Waals surface area (Å²) in [5.74, 6) is 0.430. The normalized spacial score (nSPS) is 11.2. The first-order valence-electron chi connectivity index (χ1n) is 18.1. The number of halogens is 1. The van der Waals surface area contributed by atoms with Crippen LogP contribution in [0.4, 0.5) is 44.1 Å². The Labute approximate surface area is 352 Å². The highest BCUT2D eigenvalue weighted by Gasteiger charge is 2.14. The minimum atomic E-state index is -1.39. The summed E-state index contributed by atoms with van der Waals surface area (Å²) in [6.07, 6.45) is 3.32. The molecule has 12 nitrogen and oxygen atoms in total. The predicted molar refractivity (Wildman–Crippen MR) is 241 cm³/mol. The molecule has 0 fully saturated rings. The van der Waals surface area contributed by atoms with Crippen LogP contribution in [0.1, 0.15) is 49.9 Å². The first-order valence-corrected chi connectivity index (χ1v) is 20.8. The van der Waals surface area contributed by atoms with Crippen molar-refractivity contribution in [1.29, 1.82) is 5.26 Å². The van der Waals surface area contributed by atoms with Gasteiger partial charge in [0, 0.05) is 49.0 Å². The maximum atomic E-state index is 11.0. The average Bonchev–Trinajstić information content (AvgIpc) is 3.52. The fraction of sp³-hybridized carbons (Fsp3) is 0.233. The molecular formula is C43H45ClN10O2S2. The fourth-order valence-corrected chi connectivity index (χ4v) is 6.32. The largest absolute Gasteiger partial charge is 0.401 e. The third-order valence-electron chi connectivity index (χ3n) is 7.64. The van der Waals surface area contributed by atoms with Gasteiger partial charge in [-0.2, -0.15) is 10.4 Å². The second kappa shape index (κ2) is 24.3. The zero-order valence-electron chi connectivity index (χ0n) is 33.4. The van der Waals surface area contributed by atoms with Gasteiger partial charge in [0.15, 0.2) is 5.70 Å². The van der Waals surface area contributed by atoms with Gasteiger partial charge < -0.3 is 20.1 Å². The number of benzene rings is 4. The van der Waals surface area contributed by atoms with E-state index in [-0.39, 0.29) is 0 Å². The Bertz CT molecular complexity index is 2370. The summed E-state index contributed by atoms with van der Waals surface area (Å²) in [6.45, 7) is 28.3. The maximum absolute atomic E-state index is 11.0. The number of hydrogen-bond donors (Lipinski definition) is 3. The van der Waals surface area contributed by atoms with Crippen LogP contribution in [-0.4, -0.2) is 30.1 Å². The van der Waals surface area contributed by atoms with Crippen molar-refractivity contribution in [3.8, 4) is 11.8 Å². The van der Waals surface area contributed by atoms with Gasteiger partial charge in [0.05, 0.1) is 35.1 Å². The van der Waals surface area contributed by atoms with E-state index in [4.69, 9.17) is 28.9 Å². The lowest BCUT2D eigenvalue weighted by Crippen LogP contribution is -1.95. The second-order valence-electron chi connectivity index (χ2n) is 12.1. The van der Waals surface area contributed by atoms with Crippen molar-refractivity contribution < 1.29 is 8.39 Å². The average molecular weight is 833 g/mol. The molecule has 3 N–H and O–H groups in total. The number of anilines is 3.